The fourth-order valence-electron chi connectivity index (χ4n) is 1.99. The standard InChI is InChI=1S/C13H18O3/c1-15-11-7-5-9(6-8-11)12(14)13(16-2)10-3-4-10/h5-8,10,12-14H,3-4H2,1-2H3. The molecule has 0 radical (unpaired) electrons. The average molecular weight is 222 g/mol. The van der Waals surface area contributed by atoms with Gasteiger partial charge in [0.25, 0.3) is 0 Å². The lowest BCUT2D eigenvalue weighted by Gasteiger charge is -2.21. The minimum atomic E-state index is -0.539. The van der Waals surface area contributed by atoms with Crippen LogP contribution in [-0.4, -0.2) is 25.4 Å². The second kappa shape index (κ2) is 4.85. The van der Waals surface area contributed by atoms with E-state index in [0.717, 1.165) is 24.2 Å². The molecule has 0 aromatic heterocycles. The van der Waals surface area contributed by atoms with E-state index in [1.54, 1.807) is 14.2 Å². The lowest BCUT2D eigenvalue weighted by Crippen LogP contribution is -2.22. The highest BCUT2D eigenvalue weighted by molar-refractivity contribution is 5.29. The minimum absolute atomic E-state index is 0.0756. The van der Waals surface area contributed by atoms with E-state index in [-0.39, 0.29) is 6.10 Å². The van der Waals surface area contributed by atoms with Gasteiger partial charge in [-0.2, -0.15) is 0 Å². The van der Waals surface area contributed by atoms with E-state index in [1.165, 1.54) is 0 Å². The molecule has 2 rings (SSSR count). The number of aliphatic hydroxyl groups excluding tert-OH is 1. The lowest BCUT2D eigenvalue weighted by atomic mass is 10.0. The maximum Gasteiger partial charge on any atom is 0.118 e. The molecule has 1 aliphatic rings. The van der Waals surface area contributed by atoms with Crippen LogP contribution in [0, 0.1) is 5.92 Å². The third-order valence-electron chi connectivity index (χ3n) is 3.13. The molecule has 0 spiro atoms. The number of hydrogen-bond donors (Lipinski definition) is 1. The molecule has 0 bridgehead atoms. The van der Waals surface area contributed by atoms with Crippen molar-refractivity contribution in [3.63, 3.8) is 0 Å². The van der Waals surface area contributed by atoms with Gasteiger partial charge in [0.1, 0.15) is 11.9 Å². The molecule has 1 aromatic rings. The quantitative estimate of drug-likeness (QED) is 0.829. The number of methoxy groups -OCH3 is 2. The first-order valence-corrected chi connectivity index (χ1v) is 5.61. The van der Waals surface area contributed by atoms with Gasteiger partial charge in [0, 0.05) is 7.11 Å². The smallest absolute Gasteiger partial charge is 0.118 e. The van der Waals surface area contributed by atoms with Crippen LogP contribution < -0.4 is 4.74 Å². The number of rotatable bonds is 5. The van der Waals surface area contributed by atoms with Gasteiger partial charge in [-0.3, -0.25) is 0 Å². The molecule has 3 nitrogen and oxygen atoms in total. The van der Waals surface area contributed by atoms with Crippen molar-refractivity contribution in [1.29, 1.82) is 0 Å². The predicted octanol–water partition coefficient (Wildman–Crippen LogP) is 2.15. The van der Waals surface area contributed by atoms with Gasteiger partial charge in [-0.15, -0.1) is 0 Å². The highest BCUT2D eigenvalue weighted by Crippen LogP contribution is 2.39. The molecular formula is C13H18O3. The molecule has 88 valence electrons. The molecule has 3 heteroatoms. The monoisotopic (exact) mass is 222 g/mol. The predicted molar refractivity (Wildman–Crippen MR) is 61.5 cm³/mol. The van der Waals surface area contributed by atoms with Crippen molar-refractivity contribution in [2.75, 3.05) is 14.2 Å². The molecule has 1 N–H and O–H groups in total. The van der Waals surface area contributed by atoms with Gasteiger partial charge >= 0.3 is 0 Å². The van der Waals surface area contributed by atoms with Crippen LogP contribution in [-0.2, 0) is 4.74 Å². The van der Waals surface area contributed by atoms with Crippen LogP contribution in [0.1, 0.15) is 24.5 Å². The van der Waals surface area contributed by atoms with Crippen LogP contribution in [0.2, 0.25) is 0 Å². The van der Waals surface area contributed by atoms with E-state index in [4.69, 9.17) is 9.47 Å². The molecule has 1 aromatic carbocycles. The minimum Gasteiger partial charge on any atom is -0.497 e. The summed E-state index contributed by atoms with van der Waals surface area (Å²) in [6, 6.07) is 7.49. The summed E-state index contributed by atoms with van der Waals surface area (Å²) in [5.41, 5.74) is 0.888. The Morgan fingerprint density at radius 2 is 1.81 bits per heavy atom. The van der Waals surface area contributed by atoms with Gasteiger partial charge < -0.3 is 14.6 Å². The van der Waals surface area contributed by atoms with Crippen LogP contribution in [0.3, 0.4) is 0 Å². The maximum atomic E-state index is 10.2. The van der Waals surface area contributed by atoms with Crippen molar-refractivity contribution in [1.82, 2.24) is 0 Å². The zero-order valence-corrected chi connectivity index (χ0v) is 9.72. The maximum absolute atomic E-state index is 10.2. The van der Waals surface area contributed by atoms with Crippen molar-refractivity contribution in [3.05, 3.63) is 29.8 Å². The summed E-state index contributed by atoms with van der Waals surface area (Å²) >= 11 is 0. The third kappa shape index (κ3) is 2.36. The first-order chi connectivity index (χ1) is 7.76. The van der Waals surface area contributed by atoms with Gasteiger partial charge in [-0.1, -0.05) is 12.1 Å². The SMILES string of the molecule is COc1ccc(C(O)C(OC)C2CC2)cc1. The number of aliphatic hydroxyl groups is 1. The first kappa shape index (κ1) is 11.4. The van der Waals surface area contributed by atoms with E-state index in [0.29, 0.717) is 5.92 Å². The average Bonchev–Trinajstić information content (AvgIpc) is 3.14. The van der Waals surface area contributed by atoms with Gasteiger partial charge in [-0.25, -0.2) is 0 Å². The van der Waals surface area contributed by atoms with Crippen LogP contribution in [0.5, 0.6) is 5.75 Å². The summed E-state index contributed by atoms with van der Waals surface area (Å²) in [6.07, 6.45) is 1.70. The summed E-state index contributed by atoms with van der Waals surface area (Å²) in [5, 5.41) is 10.2. The van der Waals surface area contributed by atoms with E-state index in [9.17, 15) is 5.11 Å². The fraction of sp³-hybridized carbons (Fsp3) is 0.538. The summed E-state index contributed by atoms with van der Waals surface area (Å²) in [5.74, 6) is 1.32. The Hall–Kier alpha value is -1.06. The Morgan fingerprint density at radius 1 is 1.19 bits per heavy atom. The van der Waals surface area contributed by atoms with Crippen molar-refractivity contribution in [3.8, 4) is 5.75 Å². The molecule has 0 saturated heterocycles. The van der Waals surface area contributed by atoms with Gasteiger partial charge in [0.2, 0.25) is 0 Å². The van der Waals surface area contributed by atoms with E-state index in [1.807, 2.05) is 24.3 Å². The summed E-state index contributed by atoms with van der Waals surface area (Å²) < 4.78 is 10.4. The van der Waals surface area contributed by atoms with Gasteiger partial charge in [0.05, 0.1) is 13.2 Å². The Labute approximate surface area is 96.0 Å². The summed E-state index contributed by atoms with van der Waals surface area (Å²) in [4.78, 5) is 0. The number of hydrogen-bond acceptors (Lipinski definition) is 3. The number of benzene rings is 1. The summed E-state index contributed by atoms with van der Waals surface area (Å²) in [6.45, 7) is 0. The van der Waals surface area contributed by atoms with Crippen LogP contribution in [0.15, 0.2) is 24.3 Å². The molecule has 16 heavy (non-hydrogen) atoms. The van der Waals surface area contributed by atoms with E-state index < -0.39 is 6.10 Å². The van der Waals surface area contributed by atoms with Crippen molar-refractivity contribution in [2.45, 2.75) is 25.0 Å². The fourth-order valence-corrected chi connectivity index (χ4v) is 1.99. The molecule has 1 aliphatic carbocycles. The normalized spacial score (nSPS) is 19.2. The Morgan fingerprint density at radius 3 is 2.25 bits per heavy atom. The van der Waals surface area contributed by atoms with Crippen LogP contribution in [0.25, 0.3) is 0 Å². The zero-order chi connectivity index (χ0) is 11.5. The van der Waals surface area contributed by atoms with Crippen molar-refractivity contribution in [2.24, 2.45) is 5.92 Å². The molecule has 1 fully saturated rings. The lowest BCUT2D eigenvalue weighted by molar-refractivity contribution is -0.0259. The molecule has 1 saturated carbocycles. The van der Waals surface area contributed by atoms with E-state index >= 15 is 0 Å². The molecule has 0 aliphatic heterocycles. The second-order valence-electron chi connectivity index (χ2n) is 4.26. The molecule has 2 atom stereocenters. The largest absolute Gasteiger partial charge is 0.497 e. The van der Waals surface area contributed by atoms with Gasteiger partial charge in [0.15, 0.2) is 0 Å². The molecule has 2 unspecified atom stereocenters. The summed E-state index contributed by atoms with van der Waals surface area (Å²) in [7, 11) is 3.29. The first-order valence-electron chi connectivity index (χ1n) is 5.61. The topological polar surface area (TPSA) is 38.7 Å². The molecule has 0 heterocycles. The van der Waals surface area contributed by atoms with Gasteiger partial charge in [-0.05, 0) is 36.5 Å². The Kier molecular flexibility index (Phi) is 3.46. The van der Waals surface area contributed by atoms with E-state index in [2.05, 4.69) is 0 Å². The highest BCUT2D eigenvalue weighted by atomic mass is 16.5. The Balaban J connectivity index is 2.09. The van der Waals surface area contributed by atoms with Crippen LogP contribution in [0.4, 0.5) is 0 Å². The molecule has 0 amide bonds. The highest BCUT2D eigenvalue weighted by Gasteiger charge is 2.36. The zero-order valence-electron chi connectivity index (χ0n) is 9.72. The third-order valence-corrected chi connectivity index (χ3v) is 3.13. The van der Waals surface area contributed by atoms with Crippen molar-refractivity contribution >= 4 is 0 Å². The Bertz CT molecular complexity index is 330. The number of ether oxygens (including phenoxy) is 2. The van der Waals surface area contributed by atoms with Crippen LogP contribution >= 0.6 is 0 Å². The van der Waals surface area contributed by atoms with Crippen molar-refractivity contribution < 1.29 is 14.6 Å². The molecular weight excluding hydrogens is 204 g/mol. The second-order valence-corrected chi connectivity index (χ2v) is 4.26.